The Labute approximate surface area is 143 Å². The number of hydrogen-bond donors (Lipinski definition) is 1. The summed E-state index contributed by atoms with van der Waals surface area (Å²) in [6.07, 6.45) is 5.11. The van der Waals surface area contributed by atoms with Gasteiger partial charge in [0.1, 0.15) is 12.3 Å². The zero-order valence-corrected chi connectivity index (χ0v) is 14.5. The second kappa shape index (κ2) is 7.24. The Kier molecular flexibility index (Phi) is 5.07. The summed E-state index contributed by atoms with van der Waals surface area (Å²) in [6.45, 7) is 3.96. The molecule has 2 aliphatic rings. The van der Waals surface area contributed by atoms with Crippen LogP contribution in [0.2, 0.25) is 0 Å². The van der Waals surface area contributed by atoms with E-state index in [0.717, 1.165) is 12.8 Å². The summed E-state index contributed by atoms with van der Waals surface area (Å²) in [5.74, 6) is 0.494. The SMILES string of the molecule is CC(C)[C@@H]1Oc2ccccc2N(CC(=O)NC2CCCCC2)C1=O. The number of carbonyl (C=O) groups is 2. The van der Waals surface area contributed by atoms with Crippen LogP contribution in [0.3, 0.4) is 0 Å². The first-order valence-corrected chi connectivity index (χ1v) is 8.92. The molecule has 0 bridgehead atoms. The maximum absolute atomic E-state index is 12.8. The minimum Gasteiger partial charge on any atom is -0.478 e. The molecule has 130 valence electrons. The van der Waals surface area contributed by atoms with Gasteiger partial charge in [0.05, 0.1) is 5.69 Å². The molecule has 0 aromatic heterocycles. The molecule has 1 heterocycles. The fourth-order valence-corrected chi connectivity index (χ4v) is 3.49. The monoisotopic (exact) mass is 330 g/mol. The quantitative estimate of drug-likeness (QED) is 0.923. The lowest BCUT2D eigenvalue weighted by Gasteiger charge is -2.36. The molecular formula is C19H26N2O3. The van der Waals surface area contributed by atoms with Crippen molar-refractivity contribution < 1.29 is 14.3 Å². The fraction of sp³-hybridized carbons (Fsp3) is 0.579. The Morgan fingerprint density at radius 2 is 1.96 bits per heavy atom. The van der Waals surface area contributed by atoms with E-state index in [9.17, 15) is 9.59 Å². The van der Waals surface area contributed by atoms with Crippen LogP contribution in [0.15, 0.2) is 24.3 Å². The first-order valence-electron chi connectivity index (χ1n) is 8.92. The minimum absolute atomic E-state index is 0.0507. The normalized spacial score (nSPS) is 21.4. The molecule has 1 aromatic rings. The van der Waals surface area contributed by atoms with E-state index < -0.39 is 6.10 Å². The molecule has 1 aliphatic heterocycles. The number of nitrogens with zero attached hydrogens (tertiary/aromatic N) is 1. The summed E-state index contributed by atoms with van der Waals surface area (Å²) in [5, 5.41) is 3.09. The second-order valence-electron chi connectivity index (χ2n) is 7.08. The standard InChI is InChI=1S/C19H26N2O3/c1-13(2)18-19(23)21(15-10-6-7-11-16(15)24-18)12-17(22)20-14-8-4-3-5-9-14/h6-7,10-11,13-14,18H,3-5,8-9,12H2,1-2H3,(H,20,22)/t18-/m0/s1. The van der Waals surface area contributed by atoms with Crippen molar-refractivity contribution in [1.82, 2.24) is 5.32 Å². The minimum atomic E-state index is -0.539. The average Bonchev–Trinajstić information content (AvgIpc) is 2.58. The lowest BCUT2D eigenvalue weighted by Crippen LogP contribution is -2.52. The number of amides is 2. The van der Waals surface area contributed by atoms with E-state index in [-0.39, 0.29) is 30.3 Å². The number of nitrogens with one attached hydrogen (secondary N) is 1. The van der Waals surface area contributed by atoms with E-state index in [2.05, 4.69) is 5.32 Å². The molecule has 3 rings (SSSR count). The number of anilines is 1. The van der Waals surface area contributed by atoms with Gasteiger partial charge in [0.2, 0.25) is 5.91 Å². The molecule has 1 fully saturated rings. The van der Waals surface area contributed by atoms with Crippen LogP contribution in [0.1, 0.15) is 46.0 Å². The van der Waals surface area contributed by atoms with Gasteiger partial charge < -0.3 is 10.1 Å². The van der Waals surface area contributed by atoms with Crippen molar-refractivity contribution in [2.45, 2.75) is 58.1 Å². The van der Waals surface area contributed by atoms with Crippen LogP contribution in [0.4, 0.5) is 5.69 Å². The van der Waals surface area contributed by atoms with Crippen molar-refractivity contribution in [3.8, 4) is 5.75 Å². The van der Waals surface area contributed by atoms with Gasteiger partial charge in [0, 0.05) is 6.04 Å². The summed E-state index contributed by atoms with van der Waals surface area (Å²) in [4.78, 5) is 26.8. The van der Waals surface area contributed by atoms with Crippen molar-refractivity contribution >= 4 is 17.5 Å². The highest BCUT2D eigenvalue weighted by molar-refractivity contribution is 6.04. The lowest BCUT2D eigenvalue weighted by molar-refractivity contribution is -0.130. The van der Waals surface area contributed by atoms with Crippen molar-refractivity contribution in [3.63, 3.8) is 0 Å². The molecule has 0 radical (unpaired) electrons. The van der Waals surface area contributed by atoms with Gasteiger partial charge in [-0.05, 0) is 30.9 Å². The van der Waals surface area contributed by atoms with Crippen LogP contribution >= 0.6 is 0 Å². The predicted octanol–water partition coefficient (Wildman–Crippen LogP) is 2.89. The van der Waals surface area contributed by atoms with Gasteiger partial charge >= 0.3 is 0 Å². The molecule has 2 amide bonds. The summed E-state index contributed by atoms with van der Waals surface area (Å²) in [7, 11) is 0. The van der Waals surface area contributed by atoms with E-state index in [4.69, 9.17) is 4.74 Å². The molecule has 1 aliphatic carbocycles. The smallest absolute Gasteiger partial charge is 0.268 e. The summed E-state index contributed by atoms with van der Waals surface area (Å²) in [5.41, 5.74) is 0.679. The third kappa shape index (κ3) is 3.55. The Morgan fingerprint density at radius 1 is 1.25 bits per heavy atom. The van der Waals surface area contributed by atoms with Gasteiger partial charge in [-0.2, -0.15) is 0 Å². The zero-order valence-electron chi connectivity index (χ0n) is 14.5. The van der Waals surface area contributed by atoms with Gasteiger partial charge in [-0.25, -0.2) is 0 Å². The number of hydrogen-bond acceptors (Lipinski definition) is 3. The highest BCUT2D eigenvalue weighted by atomic mass is 16.5. The van der Waals surface area contributed by atoms with Crippen LogP contribution in [0.5, 0.6) is 5.75 Å². The third-order valence-corrected chi connectivity index (χ3v) is 4.80. The van der Waals surface area contributed by atoms with Crippen LogP contribution in [0.25, 0.3) is 0 Å². The van der Waals surface area contributed by atoms with Crippen molar-refractivity contribution in [1.29, 1.82) is 0 Å². The molecule has 24 heavy (non-hydrogen) atoms. The first-order chi connectivity index (χ1) is 11.6. The van der Waals surface area contributed by atoms with Crippen LogP contribution in [-0.2, 0) is 9.59 Å². The topological polar surface area (TPSA) is 58.6 Å². The van der Waals surface area contributed by atoms with Crippen LogP contribution < -0.4 is 15.0 Å². The maximum Gasteiger partial charge on any atom is 0.268 e. The molecular weight excluding hydrogens is 304 g/mol. The van der Waals surface area contributed by atoms with Gasteiger partial charge in [0.25, 0.3) is 5.91 Å². The van der Waals surface area contributed by atoms with E-state index in [1.165, 1.54) is 19.3 Å². The molecule has 1 atom stereocenters. The first kappa shape index (κ1) is 16.8. The Bertz CT molecular complexity index is 608. The number of fused-ring (bicyclic) bond motifs is 1. The average molecular weight is 330 g/mol. The van der Waals surface area contributed by atoms with E-state index in [1.807, 2.05) is 38.1 Å². The van der Waals surface area contributed by atoms with Crippen LogP contribution in [0, 0.1) is 5.92 Å². The van der Waals surface area contributed by atoms with E-state index in [1.54, 1.807) is 4.90 Å². The molecule has 5 heteroatoms. The molecule has 0 unspecified atom stereocenters. The number of ether oxygens (including phenoxy) is 1. The molecule has 1 aromatic carbocycles. The number of benzene rings is 1. The highest BCUT2D eigenvalue weighted by Gasteiger charge is 2.37. The Morgan fingerprint density at radius 3 is 2.67 bits per heavy atom. The molecule has 1 N–H and O–H groups in total. The van der Waals surface area contributed by atoms with E-state index >= 15 is 0 Å². The van der Waals surface area contributed by atoms with Crippen molar-refractivity contribution in [2.75, 3.05) is 11.4 Å². The maximum atomic E-state index is 12.8. The summed E-state index contributed by atoms with van der Waals surface area (Å²) < 4.78 is 5.84. The Balaban J connectivity index is 1.74. The summed E-state index contributed by atoms with van der Waals surface area (Å²) >= 11 is 0. The van der Waals surface area contributed by atoms with Crippen LogP contribution in [-0.4, -0.2) is 30.5 Å². The summed E-state index contributed by atoms with van der Waals surface area (Å²) in [6, 6.07) is 7.67. The molecule has 0 saturated heterocycles. The van der Waals surface area contributed by atoms with Gasteiger partial charge in [0.15, 0.2) is 6.10 Å². The predicted molar refractivity (Wildman–Crippen MR) is 93.1 cm³/mol. The van der Waals surface area contributed by atoms with Crippen molar-refractivity contribution in [3.05, 3.63) is 24.3 Å². The number of rotatable bonds is 4. The number of para-hydroxylation sites is 2. The second-order valence-corrected chi connectivity index (χ2v) is 7.08. The molecule has 0 spiro atoms. The van der Waals surface area contributed by atoms with Gasteiger partial charge in [-0.3, -0.25) is 14.5 Å². The van der Waals surface area contributed by atoms with Gasteiger partial charge in [-0.1, -0.05) is 45.2 Å². The number of carbonyl (C=O) groups excluding carboxylic acids is 2. The fourth-order valence-electron chi connectivity index (χ4n) is 3.49. The van der Waals surface area contributed by atoms with E-state index in [0.29, 0.717) is 11.4 Å². The molecule has 5 nitrogen and oxygen atoms in total. The zero-order chi connectivity index (χ0) is 17.1. The highest BCUT2D eigenvalue weighted by Crippen LogP contribution is 2.35. The third-order valence-electron chi connectivity index (χ3n) is 4.80. The molecule has 1 saturated carbocycles. The largest absolute Gasteiger partial charge is 0.478 e. The lowest BCUT2D eigenvalue weighted by atomic mass is 9.95. The van der Waals surface area contributed by atoms with Gasteiger partial charge in [-0.15, -0.1) is 0 Å². The Hall–Kier alpha value is -2.04. The van der Waals surface area contributed by atoms with Crippen molar-refractivity contribution in [2.24, 2.45) is 5.92 Å².